The maximum atomic E-state index is 12.4. The van der Waals surface area contributed by atoms with Crippen molar-refractivity contribution in [2.75, 3.05) is 45.9 Å². The highest BCUT2D eigenvalue weighted by Crippen LogP contribution is 2.32. The van der Waals surface area contributed by atoms with E-state index in [1.807, 2.05) is 18.2 Å². The summed E-state index contributed by atoms with van der Waals surface area (Å²) in [5, 5.41) is 6.01. The van der Waals surface area contributed by atoms with Crippen molar-refractivity contribution in [2.45, 2.75) is 57.0 Å². The summed E-state index contributed by atoms with van der Waals surface area (Å²) in [6.07, 6.45) is 7.13. The molecule has 0 aromatic heterocycles. The molecule has 1 aliphatic carbocycles. The second-order valence-electron chi connectivity index (χ2n) is 9.33. The molecular formula is C25H38N4O3. The van der Waals surface area contributed by atoms with Gasteiger partial charge in [-0.05, 0) is 50.5 Å². The van der Waals surface area contributed by atoms with Crippen molar-refractivity contribution in [1.29, 1.82) is 0 Å². The number of ether oxygens (including phenoxy) is 1. The number of amides is 3. The smallest absolute Gasteiger partial charge is 0.314 e. The van der Waals surface area contributed by atoms with Crippen LogP contribution in [0, 0.1) is 5.92 Å². The molecule has 1 aromatic carbocycles. The highest BCUT2D eigenvalue weighted by Gasteiger charge is 2.37. The van der Waals surface area contributed by atoms with Gasteiger partial charge in [-0.1, -0.05) is 30.3 Å². The summed E-state index contributed by atoms with van der Waals surface area (Å²) in [6, 6.07) is 11.1. The third-order valence-electron chi connectivity index (χ3n) is 7.03. The van der Waals surface area contributed by atoms with Gasteiger partial charge in [0.05, 0.1) is 0 Å². The Balaban J connectivity index is 1.21. The summed E-state index contributed by atoms with van der Waals surface area (Å²) in [5.41, 5.74) is 1.23. The molecule has 2 aliphatic heterocycles. The van der Waals surface area contributed by atoms with Crippen LogP contribution < -0.4 is 10.6 Å². The van der Waals surface area contributed by atoms with E-state index in [9.17, 15) is 9.59 Å². The number of carbonyl (C=O) groups excluding carboxylic acids is 2. The average molecular weight is 443 g/mol. The van der Waals surface area contributed by atoms with Gasteiger partial charge in [0.2, 0.25) is 5.91 Å². The summed E-state index contributed by atoms with van der Waals surface area (Å²) >= 11 is 0. The highest BCUT2D eigenvalue weighted by atomic mass is 16.5. The topological polar surface area (TPSA) is 73.9 Å². The van der Waals surface area contributed by atoms with Crippen LogP contribution in [-0.2, 0) is 16.0 Å². The zero-order valence-corrected chi connectivity index (χ0v) is 19.1. The molecule has 7 heteroatoms. The predicted octanol–water partition coefficient (Wildman–Crippen LogP) is 2.41. The van der Waals surface area contributed by atoms with Crippen LogP contribution in [0.15, 0.2) is 30.3 Å². The van der Waals surface area contributed by atoms with Crippen LogP contribution >= 0.6 is 0 Å². The molecule has 0 unspecified atom stereocenters. The van der Waals surface area contributed by atoms with Crippen molar-refractivity contribution >= 4 is 11.9 Å². The Hall–Kier alpha value is -2.12. The van der Waals surface area contributed by atoms with E-state index >= 15 is 0 Å². The maximum Gasteiger partial charge on any atom is 0.314 e. The Labute approximate surface area is 191 Å². The monoisotopic (exact) mass is 442 g/mol. The molecule has 2 heterocycles. The molecule has 4 rings (SSSR count). The van der Waals surface area contributed by atoms with Crippen LogP contribution in [0.3, 0.4) is 0 Å². The SMILES string of the molecule is O=C(NCCc1ccccc1)NCCN(C1CCOCC1)C1CCN(C(=O)C2CC2)CC1. The minimum absolute atomic E-state index is 0.0993. The average Bonchev–Trinajstić information content (AvgIpc) is 3.68. The molecule has 1 saturated carbocycles. The number of hydrogen-bond donors (Lipinski definition) is 2. The molecule has 7 nitrogen and oxygen atoms in total. The number of benzene rings is 1. The molecular weight excluding hydrogens is 404 g/mol. The lowest BCUT2D eigenvalue weighted by Gasteiger charge is -2.43. The Bertz CT molecular complexity index is 726. The van der Waals surface area contributed by atoms with Crippen LogP contribution in [0.2, 0.25) is 0 Å². The molecule has 1 aromatic rings. The Morgan fingerprint density at radius 2 is 1.56 bits per heavy atom. The highest BCUT2D eigenvalue weighted by molar-refractivity contribution is 5.81. The molecule has 0 radical (unpaired) electrons. The molecule has 2 saturated heterocycles. The fraction of sp³-hybridized carbons (Fsp3) is 0.680. The van der Waals surface area contributed by atoms with E-state index in [0.717, 1.165) is 77.8 Å². The summed E-state index contributed by atoms with van der Waals surface area (Å²) in [6.45, 7) is 5.47. The molecule has 3 amide bonds. The second kappa shape index (κ2) is 11.7. The van der Waals surface area contributed by atoms with Gasteiger partial charge in [-0.15, -0.1) is 0 Å². The lowest BCUT2D eigenvalue weighted by molar-refractivity contribution is -0.134. The van der Waals surface area contributed by atoms with Gasteiger partial charge in [0, 0.05) is 63.9 Å². The van der Waals surface area contributed by atoms with E-state index in [4.69, 9.17) is 4.74 Å². The largest absolute Gasteiger partial charge is 0.381 e. The number of urea groups is 1. The number of nitrogens with zero attached hydrogens (tertiary/aromatic N) is 2. The van der Waals surface area contributed by atoms with Crippen molar-refractivity contribution in [3.8, 4) is 0 Å². The third kappa shape index (κ3) is 6.69. The molecule has 2 N–H and O–H groups in total. The van der Waals surface area contributed by atoms with Crippen molar-refractivity contribution in [1.82, 2.24) is 20.4 Å². The number of nitrogens with one attached hydrogen (secondary N) is 2. The molecule has 3 fully saturated rings. The normalized spacial score (nSPS) is 20.3. The van der Waals surface area contributed by atoms with Crippen LogP contribution in [0.1, 0.15) is 44.1 Å². The molecule has 3 aliphatic rings. The minimum Gasteiger partial charge on any atom is -0.381 e. The number of piperidine rings is 1. The van der Waals surface area contributed by atoms with Crippen molar-refractivity contribution < 1.29 is 14.3 Å². The van der Waals surface area contributed by atoms with Gasteiger partial charge < -0.3 is 20.3 Å². The molecule has 0 bridgehead atoms. The Morgan fingerprint density at radius 1 is 0.906 bits per heavy atom. The van der Waals surface area contributed by atoms with Gasteiger partial charge in [-0.2, -0.15) is 0 Å². The number of likely N-dealkylation sites (tertiary alicyclic amines) is 1. The molecule has 32 heavy (non-hydrogen) atoms. The van der Waals surface area contributed by atoms with Gasteiger partial charge in [0.1, 0.15) is 0 Å². The van der Waals surface area contributed by atoms with Crippen LogP contribution in [0.5, 0.6) is 0 Å². The first-order chi connectivity index (χ1) is 15.7. The van der Waals surface area contributed by atoms with Gasteiger partial charge in [-0.25, -0.2) is 4.79 Å². The van der Waals surface area contributed by atoms with E-state index in [1.165, 1.54) is 5.56 Å². The van der Waals surface area contributed by atoms with E-state index in [-0.39, 0.29) is 6.03 Å². The van der Waals surface area contributed by atoms with Gasteiger partial charge in [-0.3, -0.25) is 9.69 Å². The summed E-state index contributed by atoms with van der Waals surface area (Å²) in [7, 11) is 0. The van der Waals surface area contributed by atoms with E-state index in [1.54, 1.807) is 0 Å². The standard InChI is InChI=1S/C25H38N4O3/c30-24(21-6-7-21)28-15-9-22(10-16-28)29(23-11-18-32-19-12-23)17-14-27-25(31)26-13-8-20-4-2-1-3-5-20/h1-5,21-23H,6-19H2,(H2,26,27,31). The first-order valence-corrected chi connectivity index (χ1v) is 12.4. The zero-order valence-electron chi connectivity index (χ0n) is 19.1. The third-order valence-corrected chi connectivity index (χ3v) is 7.03. The van der Waals surface area contributed by atoms with Crippen molar-refractivity contribution in [2.24, 2.45) is 5.92 Å². The summed E-state index contributed by atoms with van der Waals surface area (Å²) in [5.74, 6) is 0.678. The fourth-order valence-corrected chi connectivity index (χ4v) is 5.01. The lowest BCUT2D eigenvalue weighted by Crippen LogP contribution is -2.53. The minimum atomic E-state index is -0.0993. The maximum absolute atomic E-state index is 12.4. The summed E-state index contributed by atoms with van der Waals surface area (Å²) < 4.78 is 5.58. The Kier molecular flexibility index (Phi) is 8.40. The zero-order chi connectivity index (χ0) is 22.2. The molecule has 0 spiro atoms. The van der Waals surface area contributed by atoms with Gasteiger partial charge >= 0.3 is 6.03 Å². The van der Waals surface area contributed by atoms with Crippen molar-refractivity contribution in [3.63, 3.8) is 0 Å². The van der Waals surface area contributed by atoms with Gasteiger partial charge in [0.25, 0.3) is 0 Å². The number of rotatable bonds is 9. The van der Waals surface area contributed by atoms with Crippen LogP contribution in [0.4, 0.5) is 4.79 Å². The van der Waals surface area contributed by atoms with Gasteiger partial charge in [0.15, 0.2) is 0 Å². The fourth-order valence-electron chi connectivity index (χ4n) is 5.01. The first kappa shape index (κ1) is 23.1. The van der Waals surface area contributed by atoms with E-state index < -0.39 is 0 Å². The number of hydrogen-bond acceptors (Lipinski definition) is 4. The second-order valence-corrected chi connectivity index (χ2v) is 9.33. The predicted molar refractivity (Wildman–Crippen MR) is 124 cm³/mol. The molecule has 0 atom stereocenters. The summed E-state index contributed by atoms with van der Waals surface area (Å²) in [4.78, 5) is 29.3. The quantitative estimate of drug-likeness (QED) is 0.616. The van der Waals surface area contributed by atoms with Crippen LogP contribution in [-0.4, -0.2) is 79.8 Å². The van der Waals surface area contributed by atoms with Crippen molar-refractivity contribution in [3.05, 3.63) is 35.9 Å². The van der Waals surface area contributed by atoms with E-state index in [0.29, 0.717) is 37.0 Å². The van der Waals surface area contributed by atoms with E-state index in [2.05, 4.69) is 32.6 Å². The lowest BCUT2D eigenvalue weighted by atomic mass is 9.97. The van der Waals surface area contributed by atoms with Crippen LogP contribution in [0.25, 0.3) is 0 Å². The first-order valence-electron chi connectivity index (χ1n) is 12.4. The number of carbonyl (C=O) groups is 2. The molecule has 176 valence electrons. The Morgan fingerprint density at radius 3 is 2.25 bits per heavy atom.